The molecule has 4 aromatic carbocycles. The Bertz CT molecular complexity index is 1100. The molecule has 0 saturated carbocycles. The van der Waals surface area contributed by atoms with Crippen LogP contribution < -0.4 is 4.74 Å². The molecule has 0 fully saturated rings. The molecular formula is C24H18O3. The van der Waals surface area contributed by atoms with Crippen molar-refractivity contribution >= 4 is 16.7 Å². The molecule has 3 nitrogen and oxygen atoms in total. The minimum Gasteiger partial charge on any atom is -0.489 e. The summed E-state index contributed by atoms with van der Waals surface area (Å²) < 4.78 is 5.92. The summed E-state index contributed by atoms with van der Waals surface area (Å²) in [6.45, 7) is 0.528. The number of carboxylic acid groups (broad SMARTS) is 1. The molecule has 27 heavy (non-hydrogen) atoms. The van der Waals surface area contributed by atoms with E-state index < -0.39 is 5.97 Å². The Kier molecular flexibility index (Phi) is 4.58. The van der Waals surface area contributed by atoms with Crippen LogP contribution in [0.15, 0.2) is 91.0 Å². The van der Waals surface area contributed by atoms with E-state index in [1.54, 1.807) is 12.1 Å². The van der Waals surface area contributed by atoms with E-state index in [1.807, 2.05) is 72.8 Å². The van der Waals surface area contributed by atoms with Gasteiger partial charge in [-0.1, -0.05) is 60.7 Å². The molecule has 0 aromatic heterocycles. The summed E-state index contributed by atoms with van der Waals surface area (Å²) in [4.78, 5) is 11.1. The lowest BCUT2D eigenvalue weighted by Gasteiger charge is -2.09. The number of hydrogen-bond donors (Lipinski definition) is 1. The van der Waals surface area contributed by atoms with Crippen molar-refractivity contribution in [2.24, 2.45) is 0 Å². The predicted molar refractivity (Wildman–Crippen MR) is 107 cm³/mol. The minimum atomic E-state index is -0.913. The van der Waals surface area contributed by atoms with E-state index in [0.717, 1.165) is 33.2 Å². The topological polar surface area (TPSA) is 46.5 Å². The number of aromatic carboxylic acids is 1. The Hall–Kier alpha value is -3.59. The van der Waals surface area contributed by atoms with E-state index in [1.165, 1.54) is 0 Å². The molecule has 0 bridgehead atoms. The third-order valence-electron chi connectivity index (χ3n) is 4.50. The summed E-state index contributed by atoms with van der Waals surface area (Å²) >= 11 is 0. The highest BCUT2D eigenvalue weighted by Crippen LogP contribution is 2.28. The van der Waals surface area contributed by atoms with Crippen molar-refractivity contribution in [3.63, 3.8) is 0 Å². The highest BCUT2D eigenvalue weighted by atomic mass is 16.5. The van der Waals surface area contributed by atoms with Crippen molar-refractivity contribution < 1.29 is 14.6 Å². The van der Waals surface area contributed by atoms with Crippen LogP contribution in [0.3, 0.4) is 0 Å². The fraction of sp³-hybridized carbons (Fsp3) is 0.0417. The number of ether oxygens (including phenoxy) is 1. The monoisotopic (exact) mass is 354 g/mol. The van der Waals surface area contributed by atoms with Crippen LogP contribution in [0.25, 0.3) is 21.9 Å². The zero-order valence-corrected chi connectivity index (χ0v) is 14.6. The first-order valence-corrected chi connectivity index (χ1v) is 8.73. The molecule has 132 valence electrons. The second-order valence-corrected chi connectivity index (χ2v) is 6.38. The van der Waals surface area contributed by atoms with Gasteiger partial charge >= 0.3 is 5.97 Å². The van der Waals surface area contributed by atoms with E-state index in [2.05, 4.69) is 6.07 Å². The van der Waals surface area contributed by atoms with Gasteiger partial charge in [-0.3, -0.25) is 0 Å². The van der Waals surface area contributed by atoms with Gasteiger partial charge in [-0.25, -0.2) is 4.79 Å². The van der Waals surface area contributed by atoms with Crippen molar-refractivity contribution in [1.82, 2.24) is 0 Å². The number of carboxylic acids is 1. The zero-order valence-electron chi connectivity index (χ0n) is 14.6. The molecule has 4 rings (SSSR count). The van der Waals surface area contributed by atoms with Gasteiger partial charge in [-0.15, -0.1) is 0 Å². The molecule has 0 amide bonds. The normalized spacial score (nSPS) is 10.7. The molecular weight excluding hydrogens is 336 g/mol. The lowest BCUT2D eigenvalue weighted by atomic mass is 10.00. The van der Waals surface area contributed by atoms with Gasteiger partial charge in [-0.2, -0.15) is 0 Å². The molecule has 0 radical (unpaired) electrons. The van der Waals surface area contributed by atoms with Gasteiger partial charge in [0.05, 0.1) is 5.56 Å². The first kappa shape index (κ1) is 16.9. The van der Waals surface area contributed by atoms with Crippen molar-refractivity contribution in [2.75, 3.05) is 0 Å². The van der Waals surface area contributed by atoms with E-state index in [4.69, 9.17) is 9.84 Å². The van der Waals surface area contributed by atoms with Crippen LogP contribution in [0, 0.1) is 0 Å². The zero-order chi connectivity index (χ0) is 18.6. The molecule has 3 heteroatoms. The van der Waals surface area contributed by atoms with Gasteiger partial charge in [0.2, 0.25) is 0 Å². The average Bonchev–Trinajstić information content (AvgIpc) is 2.72. The first-order chi connectivity index (χ1) is 13.2. The second-order valence-electron chi connectivity index (χ2n) is 6.38. The molecule has 0 saturated heterocycles. The van der Waals surface area contributed by atoms with Crippen LogP contribution in [-0.2, 0) is 6.61 Å². The maximum Gasteiger partial charge on any atom is 0.335 e. The summed E-state index contributed by atoms with van der Waals surface area (Å²) in [7, 11) is 0. The standard InChI is InChI=1S/C24H18O3/c25-24(26)22-12-11-20-13-19(9-10-21(20)14-22)18-7-4-8-23(15-18)27-16-17-5-2-1-3-6-17/h1-15H,16H2,(H,25,26). The number of carbonyl (C=O) groups is 1. The Morgan fingerprint density at radius 1 is 0.741 bits per heavy atom. The van der Waals surface area contributed by atoms with Gasteiger partial charge in [0.1, 0.15) is 12.4 Å². The maximum absolute atomic E-state index is 11.1. The summed E-state index contributed by atoms with van der Waals surface area (Å²) in [6.07, 6.45) is 0. The van der Waals surface area contributed by atoms with E-state index in [9.17, 15) is 4.79 Å². The summed E-state index contributed by atoms with van der Waals surface area (Å²) in [5.74, 6) is -0.0954. The summed E-state index contributed by atoms with van der Waals surface area (Å²) in [5, 5.41) is 11.0. The molecule has 4 aromatic rings. The molecule has 0 heterocycles. The van der Waals surface area contributed by atoms with Gasteiger partial charge in [0.15, 0.2) is 0 Å². The Morgan fingerprint density at radius 3 is 2.30 bits per heavy atom. The van der Waals surface area contributed by atoms with Crippen molar-refractivity contribution in [1.29, 1.82) is 0 Å². The van der Waals surface area contributed by atoms with Gasteiger partial charge < -0.3 is 9.84 Å². The van der Waals surface area contributed by atoms with Crippen molar-refractivity contribution in [2.45, 2.75) is 6.61 Å². The van der Waals surface area contributed by atoms with Gasteiger partial charge in [0, 0.05) is 0 Å². The fourth-order valence-electron chi connectivity index (χ4n) is 3.06. The van der Waals surface area contributed by atoms with Crippen molar-refractivity contribution in [3.8, 4) is 16.9 Å². The van der Waals surface area contributed by atoms with Crippen molar-refractivity contribution in [3.05, 3.63) is 102 Å². The molecule has 0 atom stereocenters. The van der Waals surface area contributed by atoms with Crippen LogP contribution in [-0.4, -0.2) is 11.1 Å². The van der Waals surface area contributed by atoms with Gasteiger partial charge in [-0.05, 0) is 57.8 Å². The summed E-state index contributed by atoms with van der Waals surface area (Å²) in [5.41, 5.74) is 3.55. The molecule has 0 aliphatic rings. The highest BCUT2D eigenvalue weighted by Gasteiger charge is 2.06. The third kappa shape index (κ3) is 3.82. The number of fused-ring (bicyclic) bond motifs is 1. The van der Waals surface area contributed by atoms with Crippen LogP contribution in [0.4, 0.5) is 0 Å². The minimum absolute atomic E-state index is 0.298. The lowest BCUT2D eigenvalue weighted by Crippen LogP contribution is -1.95. The summed E-state index contributed by atoms with van der Waals surface area (Å²) in [6, 6.07) is 29.3. The van der Waals surface area contributed by atoms with Crippen LogP contribution in [0.2, 0.25) is 0 Å². The lowest BCUT2D eigenvalue weighted by molar-refractivity contribution is 0.0697. The average molecular weight is 354 g/mol. The number of benzene rings is 4. The van der Waals surface area contributed by atoms with Crippen LogP contribution in [0.5, 0.6) is 5.75 Å². The molecule has 0 aliphatic carbocycles. The Morgan fingerprint density at radius 2 is 1.48 bits per heavy atom. The fourth-order valence-corrected chi connectivity index (χ4v) is 3.06. The molecule has 1 N–H and O–H groups in total. The quantitative estimate of drug-likeness (QED) is 0.494. The maximum atomic E-state index is 11.1. The van der Waals surface area contributed by atoms with Crippen LogP contribution in [0.1, 0.15) is 15.9 Å². The van der Waals surface area contributed by atoms with E-state index in [-0.39, 0.29) is 0 Å². The number of rotatable bonds is 5. The number of hydrogen-bond acceptors (Lipinski definition) is 2. The molecule has 0 spiro atoms. The molecule has 0 unspecified atom stereocenters. The highest BCUT2D eigenvalue weighted by molar-refractivity contribution is 5.95. The Balaban J connectivity index is 1.59. The second kappa shape index (κ2) is 7.34. The third-order valence-corrected chi connectivity index (χ3v) is 4.50. The van der Waals surface area contributed by atoms with E-state index in [0.29, 0.717) is 12.2 Å². The van der Waals surface area contributed by atoms with Crippen LogP contribution >= 0.6 is 0 Å². The van der Waals surface area contributed by atoms with Gasteiger partial charge in [0.25, 0.3) is 0 Å². The predicted octanol–water partition coefficient (Wildman–Crippen LogP) is 5.78. The SMILES string of the molecule is O=C(O)c1ccc2cc(-c3cccc(OCc4ccccc4)c3)ccc2c1. The Labute approximate surface area is 157 Å². The largest absolute Gasteiger partial charge is 0.489 e. The smallest absolute Gasteiger partial charge is 0.335 e. The molecule has 0 aliphatic heterocycles. The van der Waals surface area contributed by atoms with E-state index >= 15 is 0 Å². The first-order valence-electron chi connectivity index (χ1n) is 8.73.